The second-order valence-electron chi connectivity index (χ2n) is 5.83. The average Bonchev–Trinajstić information content (AvgIpc) is 2.54. The van der Waals surface area contributed by atoms with Crippen molar-refractivity contribution in [2.24, 2.45) is 5.41 Å². The first-order valence-corrected chi connectivity index (χ1v) is 7.89. The summed E-state index contributed by atoms with van der Waals surface area (Å²) in [6.07, 6.45) is 3.43. The summed E-state index contributed by atoms with van der Waals surface area (Å²) in [4.78, 5) is 35.4. The zero-order valence-electron chi connectivity index (χ0n) is 12.6. The molecule has 1 aromatic rings. The highest BCUT2D eigenvalue weighted by atomic mass is 35.5. The van der Waals surface area contributed by atoms with E-state index in [0.29, 0.717) is 23.4 Å². The fourth-order valence-electron chi connectivity index (χ4n) is 2.85. The van der Waals surface area contributed by atoms with Crippen LogP contribution in [0.1, 0.15) is 48.9 Å². The fraction of sp³-hybridized carbons (Fsp3) is 0.438. The Bertz CT molecular complexity index is 595. The second kappa shape index (κ2) is 7.46. The van der Waals surface area contributed by atoms with Crippen LogP contribution in [-0.4, -0.2) is 22.9 Å². The van der Waals surface area contributed by atoms with Crippen LogP contribution in [0, 0.1) is 5.41 Å². The van der Waals surface area contributed by atoms with Crippen LogP contribution in [0.2, 0.25) is 5.02 Å². The largest absolute Gasteiger partial charge is 0.481 e. The van der Waals surface area contributed by atoms with Crippen LogP contribution in [0.5, 0.6) is 0 Å². The molecule has 0 aromatic heterocycles. The lowest BCUT2D eigenvalue weighted by Gasteiger charge is -2.32. The molecule has 2 rings (SSSR count). The number of carboxylic acids is 1. The summed E-state index contributed by atoms with van der Waals surface area (Å²) in [5, 5.41) is 9.95. The third kappa shape index (κ3) is 4.45. The van der Waals surface area contributed by atoms with Gasteiger partial charge in [-0.3, -0.25) is 25.2 Å². The number of carboxylic acid groups (broad SMARTS) is 1. The molecule has 7 heteroatoms. The highest BCUT2D eigenvalue weighted by Crippen LogP contribution is 2.39. The van der Waals surface area contributed by atoms with Crippen LogP contribution in [-0.2, 0) is 9.59 Å². The number of carbonyl (C=O) groups is 3. The summed E-state index contributed by atoms with van der Waals surface area (Å²) in [5.41, 5.74) is 3.90. The van der Waals surface area contributed by atoms with Crippen molar-refractivity contribution in [3.05, 3.63) is 34.9 Å². The first-order chi connectivity index (χ1) is 10.9. The van der Waals surface area contributed by atoms with E-state index in [1.165, 1.54) is 12.1 Å². The molecule has 3 N–H and O–H groups in total. The van der Waals surface area contributed by atoms with Gasteiger partial charge < -0.3 is 5.11 Å². The molecule has 0 saturated heterocycles. The second-order valence-corrected chi connectivity index (χ2v) is 6.27. The quantitative estimate of drug-likeness (QED) is 0.735. The first-order valence-electron chi connectivity index (χ1n) is 7.51. The number of hydrazine groups is 1. The first kappa shape index (κ1) is 17.3. The van der Waals surface area contributed by atoms with Gasteiger partial charge in [-0.1, -0.05) is 30.9 Å². The van der Waals surface area contributed by atoms with Crippen LogP contribution in [0.15, 0.2) is 24.3 Å². The summed E-state index contributed by atoms with van der Waals surface area (Å²) < 4.78 is 0. The lowest BCUT2D eigenvalue weighted by molar-refractivity contribution is -0.154. The lowest BCUT2D eigenvalue weighted by atomic mass is 9.72. The minimum atomic E-state index is -1.02. The molecular formula is C16H19ClN2O4. The van der Waals surface area contributed by atoms with Crippen molar-refractivity contribution in [1.29, 1.82) is 0 Å². The Labute approximate surface area is 139 Å². The Morgan fingerprint density at radius 2 is 1.65 bits per heavy atom. The molecule has 1 aliphatic rings. The van der Waals surface area contributed by atoms with Gasteiger partial charge in [0.05, 0.1) is 5.41 Å². The normalized spacial score (nSPS) is 16.4. The number of carbonyl (C=O) groups excluding carboxylic acids is 2. The molecule has 1 fully saturated rings. The van der Waals surface area contributed by atoms with Gasteiger partial charge in [0.2, 0.25) is 5.91 Å². The Kier molecular flexibility index (Phi) is 5.60. The molecule has 1 aliphatic carbocycles. The third-order valence-electron chi connectivity index (χ3n) is 4.19. The van der Waals surface area contributed by atoms with Gasteiger partial charge in [0.25, 0.3) is 5.91 Å². The number of hydrogen-bond donors (Lipinski definition) is 3. The standard InChI is InChI=1S/C16H19ClN2O4/c17-12-6-4-11(5-7-12)14(21)19-18-13(20)10-16(15(22)23)8-2-1-3-9-16/h4-7H,1-3,8-10H2,(H,18,20)(H,19,21)(H,22,23). The van der Waals surface area contributed by atoms with E-state index in [0.717, 1.165) is 19.3 Å². The maximum atomic E-state index is 12.0. The number of aliphatic carboxylic acids is 1. The predicted molar refractivity (Wildman–Crippen MR) is 84.8 cm³/mol. The minimum absolute atomic E-state index is 0.136. The van der Waals surface area contributed by atoms with Gasteiger partial charge in [0, 0.05) is 17.0 Å². The van der Waals surface area contributed by atoms with E-state index in [-0.39, 0.29) is 6.42 Å². The molecule has 0 bridgehead atoms. The van der Waals surface area contributed by atoms with Crippen molar-refractivity contribution in [1.82, 2.24) is 10.9 Å². The number of nitrogens with one attached hydrogen (secondary N) is 2. The van der Waals surface area contributed by atoms with Crippen molar-refractivity contribution in [3.8, 4) is 0 Å². The predicted octanol–water partition coefficient (Wildman–Crippen LogP) is 2.53. The van der Waals surface area contributed by atoms with E-state index in [2.05, 4.69) is 10.9 Å². The summed E-state index contributed by atoms with van der Waals surface area (Å²) in [6.45, 7) is 0. The smallest absolute Gasteiger partial charge is 0.310 e. The number of halogens is 1. The monoisotopic (exact) mass is 338 g/mol. The Hall–Kier alpha value is -2.08. The van der Waals surface area contributed by atoms with Crippen molar-refractivity contribution in [2.45, 2.75) is 38.5 Å². The van der Waals surface area contributed by atoms with Gasteiger partial charge in [-0.15, -0.1) is 0 Å². The number of amides is 2. The van der Waals surface area contributed by atoms with Gasteiger partial charge in [-0.25, -0.2) is 0 Å². The van der Waals surface area contributed by atoms with Crippen molar-refractivity contribution >= 4 is 29.4 Å². The topological polar surface area (TPSA) is 95.5 Å². The summed E-state index contributed by atoms with van der Waals surface area (Å²) >= 11 is 5.74. The van der Waals surface area contributed by atoms with Crippen molar-refractivity contribution < 1.29 is 19.5 Å². The maximum Gasteiger partial charge on any atom is 0.310 e. The summed E-state index contributed by atoms with van der Waals surface area (Å²) in [7, 11) is 0. The van der Waals surface area contributed by atoms with Crippen molar-refractivity contribution in [3.63, 3.8) is 0 Å². The van der Waals surface area contributed by atoms with Crippen LogP contribution in [0.4, 0.5) is 0 Å². The number of rotatable bonds is 4. The molecule has 2 amide bonds. The summed E-state index contributed by atoms with van der Waals surface area (Å²) in [6, 6.07) is 6.20. The van der Waals surface area contributed by atoms with E-state index in [1.807, 2.05) is 0 Å². The van der Waals surface area contributed by atoms with E-state index in [9.17, 15) is 19.5 Å². The molecule has 0 spiro atoms. The number of benzene rings is 1. The fourth-order valence-corrected chi connectivity index (χ4v) is 2.97. The van der Waals surface area contributed by atoms with E-state index < -0.39 is 23.2 Å². The molecule has 0 radical (unpaired) electrons. The lowest BCUT2D eigenvalue weighted by Crippen LogP contribution is -2.45. The van der Waals surface area contributed by atoms with Crippen LogP contribution >= 0.6 is 11.6 Å². The SMILES string of the molecule is O=C(CC1(C(=O)O)CCCCC1)NNC(=O)c1ccc(Cl)cc1. The third-order valence-corrected chi connectivity index (χ3v) is 4.44. The number of hydrogen-bond acceptors (Lipinski definition) is 3. The van der Waals surface area contributed by atoms with Crippen molar-refractivity contribution in [2.75, 3.05) is 0 Å². The maximum absolute atomic E-state index is 12.0. The van der Waals surface area contributed by atoms with Gasteiger partial charge >= 0.3 is 5.97 Å². The Morgan fingerprint density at radius 1 is 1.04 bits per heavy atom. The molecule has 23 heavy (non-hydrogen) atoms. The van der Waals surface area contributed by atoms with E-state index >= 15 is 0 Å². The highest BCUT2D eigenvalue weighted by molar-refractivity contribution is 6.30. The van der Waals surface area contributed by atoms with Crippen LogP contribution < -0.4 is 10.9 Å². The minimum Gasteiger partial charge on any atom is -0.481 e. The Balaban J connectivity index is 1.90. The molecule has 6 nitrogen and oxygen atoms in total. The zero-order chi connectivity index (χ0) is 16.9. The highest BCUT2D eigenvalue weighted by Gasteiger charge is 2.41. The van der Waals surface area contributed by atoms with E-state index in [4.69, 9.17) is 11.6 Å². The molecule has 124 valence electrons. The molecule has 1 aromatic carbocycles. The van der Waals surface area contributed by atoms with Crippen LogP contribution in [0.25, 0.3) is 0 Å². The van der Waals surface area contributed by atoms with Gasteiger partial charge in [-0.05, 0) is 37.1 Å². The van der Waals surface area contributed by atoms with Gasteiger partial charge in [0.15, 0.2) is 0 Å². The zero-order valence-corrected chi connectivity index (χ0v) is 13.4. The van der Waals surface area contributed by atoms with E-state index in [1.54, 1.807) is 12.1 Å². The molecule has 0 aliphatic heterocycles. The van der Waals surface area contributed by atoms with Gasteiger partial charge in [0.1, 0.15) is 0 Å². The van der Waals surface area contributed by atoms with Crippen LogP contribution in [0.3, 0.4) is 0 Å². The molecule has 0 unspecified atom stereocenters. The molecule has 0 heterocycles. The Morgan fingerprint density at radius 3 is 2.22 bits per heavy atom. The molecular weight excluding hydrogens is 320 g/mol. The average molecular weight is 339 g/mol. The van der Waals surface area contributed by atoms with Gasteiger partial charge in [-0.2, -0.15) is 0 Å². The summed E-state index contributed by atoms with van der Waals surface area (Å²) in [5.74, 6) is -1.93. The molecule has 1 saturated carbocycles. The molecule has 0 atom stereocenters.